The van der Waals surface area contributed by atoms with E-state index >= 15 is 0 Å². The van der Waals surface area contributed by atoms with Crippen LogP contribution in [0.15, 0.2) is 0 Å². The fraction of sp³-hybridized carbons (Fsp3) is 1.00. The van der Waals surface area contributed by atoms with Crippen LogP contribution in [0.2, 0.25) is 0 Å². The van der Waals surface area contributed by atoms with Gasteiger partial charge in [-0.25, -0.2) is 0 Å². The number of rotatable bonds is 9. The molecule has 0 unspecified atom stereocenters. The lowest BCUT2D eigenvalue weighted by molar-refractivity contribution is 0.0159. The maximum absolute atomic E-state index is 5.35. The number of nitrogens with one attached hydrogen (secondary N) is 2. The minimum atomic E-state index is 0.0132. The minimum Gasteiger partial charge on any atom is -0.379 e. The van der Waals surface area contributed by atoms with Gasteiger partial charge >= 0.3 is 0 Å². The molecule has 3 heteroatoms. The molecule has 0 spiro atoms. The van der Waals surface area contributed by atoms with E-state index in [4.69, 9.17) is 4.74 Å². The van der Waals surface area contributed by atoms with Crippen LogP contribution in [0.5, 0.6) is 0 Å². The Morgan fingerprint density at radius 3 is 2.53 bits per heavy atom. The molecule has 0 heterocycles. The largest absolute Gasteiger partial charge is 0.379 e. The van der Waals surface area contributed by atoms with Gasteiger partial charge in [0.15, 0.2) is 0 Å². The van der Waals surface area contributed by atoms with E-state index in [9.17, 15) is 0 Å². The van der Waals surface area contributed by atoms with Crippen molar-refractivity contribution in [3.63, 3.8) is 0 Å². The number of methoxy groups -OCH3 is 1. The van der Waals surface area contributed by atoms with Gasteiger partial charge in [-0.2, -0.15) is 0 Å². The first kappa shape index (κ1) is 12.9. The molecule has 1 fully saturated rings. The average Bonchev–Trinajstić information content (AvgIpc) is 3.00. The lowest BCUT2D eigenvalue weighted by atomic mass is 10.1. The van der Waals surface area contributed by atoms with Gasteiger partial charge in [-0.15, -0.1) is 0 Å². The van der Waals surface area contributed by atoms with Gasteiger partial charge in [0.2, 0.25) is 0 Å². The van der Waals surface area contributed by atoms with Crippen molar-refractivity contribution in [1.82, 2.24) is 10.6 Å². The van der Waals surface area contributed by atoms with E-state index in [-0.39, 0.29) is 5.60 Å². The molecule has 0 aromatic rings. The highest BCUT2D eigenvalue weighted by Gasteiger charge is 2.19. The number of hydrogen-bond acceptors (Lipinski definition) is 3. The predicted octanol–water partition coefficient (Wildman–Crippen LogP) is 1.53. The molecule has 3 nitrogen and oxygen atoms in total. The third-order valence-corrected chi connectivity index (χ3v) is 3.00. The van der Waals surface area contributed by atoms with Crippen LogP contribution in [0, 0.1) is 0 Å². The van der Waals surface area contributed by atoms with Crippen LogP contribution in [0.1, 0.15) is 39.5 Å². The first-order valence-electron chi connectivity index (χ1n) is 6.13. The van der Waals surface area contributed by atoms with Crippen LogP contribution >= 0.6 is 0 Å². The van der Waals surface area contributed by atoms with Crippen LogP contribution in [-0.4, -0.2) is 38.4 Å². The molecule has 2 N–H and O–H groups in total. The van der Waals surface area contributed by atoms with E-state index in [1.54, 1.807) is 7.11 Å². The van der Waals surface area contributed by atoms with E-state index in [1.165, 1.54) is 19.3 Å². The third-order valence-electron chi connectivity index (χ3n) is 3.00. The molecule has 0 bridgehead atoms. The Balaban J connectivity index is 1.79. The first-order valence-corrected chi connectivity index (χ1v) is 6.13. The first-order chi connectivity index (χ1) is 7.14. The van der Waals surface area contributed by atoms with Gasteiger partial charge in [0.1, 0.15) is 0 Å². The molecule has 0 amide bonds. The Bertz CT molecular complexity index is 167. The summed E-state index contributed by atoms with van der Waals surface area (Å²) in [6.07, 6.45) is 5.06. The second-order valence-electron chi connectivity index (χ2n) is 5.05. The zero-order valence-electron chi connectivity index (χ0n) is 10.4. The molecule has 0 aromatic carbocycles. The monoisotopic (exact) mass is 214 g/mol. The Labute approximate surface area is 94.0 Å². The Kier molecular flexibility index (Phi) is 5.58. The Hall–Kier alpha value is -0.120. The summed E-state index contributed by atoms with van der Waals surface area (Å²) in [4.78, 5) is 0. The lowest BCUT2D eigenvalue weighted by Gasteiger charge is -2.22. The summed E-state index contributed by atoms with van der Waals surface area (Å²) < 4.78 is 5.35. The molecule has 0 aliphatic heterocycles. The Morgan fingerprint density at radius 2 is 1.93 bits per heavy atom. The van der Waals surface area contributed by atoms with Crippen molar-refractivity contribution in [3.8, 4) is 0 Å². The molecular formula is C12H26N2O. The van der Waals surface area contributed by atoms with Crippen molar-refractivity contribution in [1.29, 1.82) is 0 Å². The van der Waals surface area contributed by atoms with Crippen molar-refractivity contribution >= 4 is 0 Å². The molecule has 1 saturated carbocycles. The van der Waals surface area contributed by atoms with E-state index in [0.29, 0.717) is 0 Å². The molecule has 0 aromatic heterocycles. The highest BCUT2D eigenvalue weighted by molar-refractivity contribution is 4.80. The SMILES string of the molecule is COC(C)(C)CCNCCCNC1CC1. The predicted molar refractivity (Wildman–Crippen MR) is 64.2 cm³/mol. The normalized spacial score (nSPS) is 17.0. The maximum Gasteiger partial charge on any atom is 0.0634 e. The smallest absolute Gasteiger partial charge is 0.0634 e. The molecule has 1 aliphatic rings. The second-order valence-corrected chi connectivity index (χ2v) is 5.05. The standard InChI is InChI=1S/C12H26N2O/c1-12(2,15-3)7-10-13-8-4-9-14-11-5-6-11/h11,13-14H,4-10H2,1-3H3. The van der Waals surface area contributed by atoms with Gasteiger partial charge in [0.05, 0.1) is 5.60 Å². The van der Waals surface area contributed by atoms with Gasteiger partial charge in [-0.1, -0.05) is 0 Å². The van der Waals surface area contributed by atoms with Crippen molar-refractivity contribution in [2.24, 2.45) is 0 Å². The van der Waals surface area contributed by atoms with E-state index in [0.717, 1.165) is 32.1 Å². The topological polar surface area (TPSA) is 33.3 Å². The number of ether oxygens (including phenoxy) is 1. The summed E-state index contributed by atoms with van der Waals surface area (Å²) in [5, 5.41) is 6.96. The summed E-state index contributed by atoms with van der Waals surface area (Å²) >= 11 is 0. The number of hydrogen-bond donors (Lipinski definition) is 2. The zero-order valence-corrected chi connectivity index (χ0v) is 10.4. The minimum absolute atomic E-state index is 0.0132. The van der Waals surface area contributed by atoms with Crippen molar-refractivity contribution in [2.75, 3.05) is 26.7 Å². The van der Waals surface area contributed by atoms with Crippen LogP contribution in [-0.2, 0) is 4.74 Å². The molecule has 15 heavy (non-hydrogen) atoms. The Morgan fingerprint density at radius 1 is 1.20 bits per heavy atom. The van der Waals surface area contributed by atoms with E-state index in [1.807, 2.05) is 0 Å². The fourth-order valence-electron chi connectivity index (χ4n) is 1.42. The van der Waals surface area contributed by atoms with Gasteiger partial charge in [-0.3, -0.25) is 0 Å². The molecule has 1 rings (SSSR count). The van der Waals surface area contributed by atoms with Gasteiger partial charge in [0.25, 0.3) is 0 Å². The zero-order chi connectivity index (χ0) is 11.1. The van der Waals surface area contributed by atoms with Gasteiger partial charge in [-0.05, 0) is 59.2 Å². The van der Waals surface area contributed by atoms with Crippen LogP contribution in [0.25, 0.3) is 0 Å². The van der Waals surface area contributed by atoms with E-state index < -0.39 is 0 Å². The van der Waals surface area contributed by atoms with Gasteiger partial charge in [0, 0.05) is 13.2 Å². The third kappa shape index (κ3) is 6.88. The molecule has 0 atom stereocenters. The van der Waals surface area contributed by atoms with Gasteiger partial charge < -0.3 is 15.4 Å². The lowest BCUT2D eigenvalue weighted by Crippen LogP contribution is -2.30. The summed E-state index contributed by atoms with van der Waals surface area (Å²) in [5.41, 5.74) is 0.0132. The summed E-state index contributed by atoms with van der Waals surface area (Å²) in [6.45, 7) is 7.57. The quantitative estimate of drug-likeness (QED) is 0.571. The molecule has 1 aliphatic carbocycles. The molecule has 0 radical (unpaired) electrons. The van der Waals surface area contributed by atoms with Crippen LogP contribution in [0.3, 0.4) is 0 Å². The molecule has 0 saturated heterocycles. The second kappa shape index (κ2) is 6.46. The molecule has 90 valence electrons. The summed E-state index contributed by atoms with van der Waals surface area (Å²) in [6, 6.07) is 0.845. The van der Waals surface area contributed by atoms with Crippen LogP contribution < -0.4 is 10.6 Å². The van der Waals surface area contributed by atoms with Crippen LogP contribution in [0.4, 0.5) is 0 Å². The van der Waals surface area contributed by atoms with Crippen molar-refractivity contribution in [3.05, 3.63) is 0 Å². The van der Waals surface area contributed by atoms with E-state index in [2.05, 4.69) is 24.5 Å². The average molecular weight is 214 g/mol. The highest BCUT2D eigenvalue weighted by Crippen LogP contribution is 2.18. The van der Waals surface area contributed by atoms with Crippen molar-refractivity contribution in [2.45, 2.75) is 51.2 Å². The maximum atomic E-state index is 5.35. The summed E-state index contributed by atoms with van der Waals surface area (Å²) in [7, 11) is 1.78. The van der Waals surface area contributed by atoms with Crippen molar-refractivity contribution < 1.29 is 4.74 Å². The highest BCUT2D eigenvalue weighted by atomic mass is 16.5. The molecular weight excluding hydrogens is 188 g/mol. The fourth-order valence-corrected chi connectivity index (χ4v) is 1.42. The summed E-state index contributed by atoms with van der Waals surface area (Å²) in [5.74, 6) is 0.